The molecule has 0 N–H and O–H groups in total. The first-order valence-corrected chi connectivity index (χ1v) is 4.15. The molecule has 0 aliphatic rings. The van der Waals surface area contributed by atoms with Crippen LogP contribution < -0.4 is 0 Å². The van der Waals surface area contributed by atoms with Crippen LogP contribution in [0.1, 0.15) is 13.3 Å². The van der Waals surface area contributed by atoms with Crippen LogP contribution in [0.5, 0.6) is 0 Å². The van der Waals surface area contributed by atoms with E-state index >= 15 is 0 Å². The normalized spacial score (nSPS) is 9.08. The lowest BCUT2D eigenvalue weighted by Gasteiger charge is -2.03. The van der Waals surface area contributed by atoms with Gasteiger partial charge in [-0.25, -0.2) is 4.79 Å². The second-order valence-corrected chi connectivity index (χ2v) is 2.51. The highest BCUT2D eigenvalue weighted by atomic mass is 35.5. The Morgan fingerprint density at radius 2 is 2.00 bits per heavy atom. The Morgan fingerprint density at radius 1 is 1.38 bits per heavy atom. The van der Waals surface area contributed by atoms with Crippen LogP contribution in [0.2, 0.25) is 0 Å². The highest BCUT2D eigenvalue weighted by Gasteiger charge is 2.06. The topological polar surface area (TPSA) is 52.6 Å². The molecule has 0 saturated heterocycles. The molecule has 0 aromatic heterocycles. The first kappa shape index (κ1) is 12.0. The van der Waals surface area contributed by atoms with Gasteiger partial charge in [0.2, 0.25) is 0 Å². The second kappa shape index (κ2) is 6.48. The van der Waals surface area contributed by atoms with Crippen LogP contribution >= 0.6 is 11.6 Å². The van der Waals surface area contributed by atoms with E-state index < -0.39 is 11.9 Å². The van der Waals surface area contributed by atoms with Crippen LogP contribution in [-0.2, 0) is 19.1 Å². The van der Waals surface area contributed by atoms with E-state index in [0.29, 0.717) is 5.57 Å². The van der Waals surface area contributed by atoms with Crippen molar-refractivity contribution in [3.63, 3.8) is 0 Å². The quantitative estimate of drug-likeness (QED) is 0.386. The number of ether oxygens (including phenoxy) is 2. The lowest BCUT2D eigenvalue weighted by molar-refractivity contribution is -0.146. The first-order chi connectivity index (χ1) is 6.07. The summed E-state index contributed by atoms with van der Waals surface area (Å²) < 4.78 is 9.03. The van der Waals surface area contributed by atoms with Crippen LogP contribution in [0.15, 0.2) is 12.2 Å². The number of hydrogen-bond donors (Lipinski definition) is 0. The third-order valence-corrected chi connectivity index (χ3v) is 1.21. The molecular weight excluding hydrogens is 196 g/mol. The molecule has 0 unspecified atom stereocenters. The van der Waals surface area contributed by atoms with Crippen molar-refractivity contribution in [3.8, 4) is 0 Å². The van der Waals surface area contributed by atoms with E-state index in [9.17, 15) is 9.59 Å². The summed E-state index contributed by atoms with van der Waals surface area (Å²) in [5.41, 5.74) is 0.297. The average Bonchev–Trinajstić information content (AvgIpc) is 2.04. The Hall–Kier alpha value is -1.03. The fraction of sp³-hybridized carbons (Fsp3) is 0.500. The molecular formula is C8H11ClO4. The van der Waals surface area contributed by atoms with E-state index in [1.54, 1.807) is 0 Å². The Bertz CT molecular complexity index is 212. The van der Waals surface area contributed by atoms with Gasteiger partial charge in [-0.3, -0.25) is 4.79 Å². The minimum atomic E-state index is -0.515. The van der Waals surface area contributed by atoms with Crippen molar-refractivity contribution in [2.45, 2.75) is 13.3 Å². The van der Waals surface area contributed by atoms with Gasteiger partial charge in [0, 0.05) is 5.57 Å². The van der Waals surface area contributed by atoms with Crippen molar-refractivity contribution in [2.75, 3.05) is 12.7 Å². The Kier molecular flexibility index (Phi) is 5.97. The van der Waals surface area contributed by atoms with Crippen molar-refractivity contribution < 1.29 is 19.1 Å². The second-order valence-electron chi connectivity index (χ2n) is 2.29. The van der Waals surface area contributed by atoms with Gasteiger partial charge in [0.25, 0.3) is 0 Å². The lowest BCUT2D eigenvalue weighted by atomic mass is 10.4. The van der Waals surface area contributed by atoms with Gasteiger partial charge >= 0.3 is 11.9 Å². The molecule has 0 amide bonds. The number of carbonyl (C=O) groups is 2. The minimum Gasteiger partial charge on any atom is -0.462 e. The van der Waals surface area contributed by atoms with Crippen molar-refractivity contribution >= 4 is 23.5 Å². The SMILES string of the molecule is C=C(C)C(=O)OCCC(=O)OCCl. The molecule has 0 heterocycles. The van der Waals surface area contributed by atoms with E-state index in [0.717, 1.165) is 0 Å². The minimum absolute atomic E-state index is 0.00569. The summed E-state index contributed by atoms with van der Waals surface area (Å²) in [6, 6.07) is -0.187. The zero-order valence-corrected chi connectivity index (χ0v) is 8.10. The fourth-order valence-electron chi connectivity index (χ4n) is 0.483. The maximum Gasteiger partial charge on any atom is 0.333 e. The molecule has 0 saturated carbocycles. The Morgan fingerprint density at radius 3 is 2.46 bits per heavy atom. The van der Waals surface area contributed by atoms with Gasteiger partial charge in [-0.15, -0.1) is 0 Å². The maximum absolute atomic E-state index is 10.8. The number of hydrogen-bond acceptors (Lipinski definition) is 4. The van der Waals surface area contributed by atoms with E-state index in [1.165, 1.54) is 6.92 Å². The molecule has 0 atom stereocenters. The van der Waals surface area contributed by atoms with Crippen LogP contribution in [-0.4, -0.2) is 24.6 Å². The third-order valence-electron chi connectivity index (χ3n) is 1.10. The molecule has 0 fully saturated rings. The molecule has 0 bridgehead atoms. The van der Waals surface area contributed by atoms with Gasteiger partial charge in [0.15, 0.2) is 6.07 Å². The van der Waals surface area contributed by atoms with Gasteiger partial charge < -0.3 is 9.47 Å². The van der Waals surface area contributed by atoms with Crippen molar-refractivity contribution in [1.29, 1.82) is 0 Å². The number of rotatable bonds is 5. The number of carbonyl (C=O) groups excluding carboxylic acids is 2. The Labute approximate surface area is 81.5 Å². The standard InChI is InChI=1S/C8H11ClO4/c1-6(2)8(11)12-4-3-7(10)13-5-9/h1,3-5H2,2H3. The summed E-state index contributed by atoms with van der Waals surface area (Å²) in [4.78, 5) is 21.5. The van der Waals surface area contributed by atoms with Gasteiger partial charge in [-0.2, -0.15) is 0 Å². The van der Waals surface area contributed by atoms with Gasteiger partial charge in [0.1, 0.15) is 6.61 Å². The van der Waals surface area contributed by atoms with Crippen molar-refractivity contribution in [1.82, 2.24) is 0 Å². The first-order valence-electron chi connectivity index (χ1n) is 3.62. The molecule has 0 spiro atoms. The predicted molar refractivity (Wildman–Crippen MR) is 47.2 cm³/mol. The fourth-order valence-corrected chi connectivity index (χ4v) is 0.605. The van der Waals surface area contributed by atoms with Gasteiger partial charge in [0.05, 0.1) is 6.42 Å². The number of halogens is 1. The molecule has 0 aliphatic heterocycles. The van der Waals surface area contributed by atoms with Crippen LogP contribution in [0.4, 0.5) is 0 Å². The van der Waals surface area contributed by atoms with Crippen molar-refractivity contribution in [2.24, 2.45) is 0 Å². The number of esters is 2. The van der Waals surface area contributed by atoms with Gasteiger partial charge in [-0.05, 0) is 6.92 Å². The highest BCUT2D eigenvalue weighted by molar-refractivity contribution is 6.17. The van der Waals surface area contributed by atoms with Crippen LogP contribution in [0, 0.1) is 0 Å². The molecule has 13 heavy (non-hydrogen) atoms. The zero-order chi connectivity index (χ0) is 10.3. The zero-order valence-electron chi connectivity index (χ0n) is 7.34. The third kappa shape index (κ3) is 6.16. The smallest absolute Gasteiger partial charge is 0.333 e. The largest absolute Gasteiger partial charge is 0.462 e. The molecule has 0 rings (SSSR count). The molecule has 0 radical (unpaired) electrons. The van der Waals surface area contributed by atoms with Crippen LogP contribution in [0.25, 0.3) is 0 Å². The van der Waals surface area contributed by atoms with E-state index in [1.807, 2.05) is 0 Å². The summed E-state index contributed by atoms with van der Waals surface area (Å²) >= 11 is 5.12. The summed E-state index contributed by atoms with van der Waals surface area (Å²) in [5.74, 6) is -1.01. The average molecular weight is 207 g/mol. The highest BCUT2D eigenvalue weighted by Crippen LogP contribution is 1.95. The van der Waals surface area contributed by atoms with Crippen LogP contribution in [0.3, 0.4) is 0 Å². The van der Waals surface area contributed by atoms with E-state index in [-0.39, 0.29) is 19.1 Å². The summed E-state index contributed by atoms with van der Waals surface area (Å²) in [6.07, 6.45) is 0.00569. The Balaban J connectivity index is 3.50. The van der Waals surface area contributed by atoms with Gasteiger partial charge in [-0.1, -0.05) is 18.2 Å². The predicted octanol–water partition coefficient (Wildman–Crippen LogP) is 1.24. The summed E-state index contributed by atoms with van der Waals surface area (Å²) in [7, 11) is 0. The summed E-state index contributed by atoms with van der Waals surface area (Å²) in [5, 5.41) is 0. The monoisotopic (exact) mass is 206 g/mol. The number of alkyl halides is 1. The molecule has 74 valence electrons. The molecule has 5 heteroatoms. The summed E-state index contributed by atoms with van der Waals surface area (Å²) in [6.45, 7) is 4.89. The van der Waals surface area contributed by atoms with E-state index in [4.69, 9.17) is 11.6 Å². The molecule has 0 aromatic carbocycles. The lowest BCUT2D eigenvalue weighted by Crippen LogP contribution is -2.11. The van der Waals surface area contributed by atoms with E-state index in [2.05, 4.69) is 16.1 Å². The molecule has 0 aromatic rings. The molecule has 4 nitrogen and oxygen atoms in total. The molecule has 0 aliphatic carbocycles. The van der Waals surface area contributed by atoms with Crippen molar-refractivity contribution in [3.05, 3.63) is 12.2 Å². The maximum atomic E-state index is 10.8.